The molecule has 0 aliphatic carbocycles. The van der Waals surface area contributed by atoms with Crippen molar-refractivity contribution < 1.29 is 23.9 Å². The number of amides is 2. The molecule has 9 heteroatoms. The van der Waals surface area contributed by atoms with Crippen LogP contribution in [0.25, 0.3) is 0 Å². The molecule has 162 valence electrons. The molecule has 0 radical (unpaired) electrons. The zero-order valence-electron chi connectivity index (χ0n) is 17.7. The fourth-order valence-corrected chi connectivity index (χ4v) is 3.66. The van der Waals surface area contributed by atoms with Gasteiger partial charge < -0.3 is 20.5 Å². The van der Waals surface area contributed by atoms with Crippen LogP contribution in [-0.2, 0) is 9.59 Å². The Morgan fingerprint density at radius 2 is 1.84 bits per heavy atom. The van der Waals surface area contributed by atoms with E-state index in [0.29, 0.717) is 22.7 Å². The number of nitrogens with zero attached hydrogens (tertiary/aromatic N) is 2. The maximum absolute atomic E-state index is 13.3. The Bertz CT molecular complexity index is 1080. The number of Topliss-reactive ketones (excluding diaryl/α,β-unsaturated/α-hetero) is 1. The van der Waals surface area contributed by atoms with Gasteiger partial charge in [0.05, 0.1) is 11.7 Å². The molecule has 2 aliphatic heterocycles. The number of aromatic nitrogens is 1. The molecule has 3 heterocycles. The molecule has 31 heavy (non-hydrogen) atoms. The van der Waals surface area contributed by atoms with Gasteiger partial charge in [0.1, 0.15) is 11.6 Å². The van der Waals surface area contributed by atoms with E-state index in [-0.39, 0.29) is 35.2 Å². The number of ketones is 1. The first-order valence-electron chi connectivity index (χ1n) is 10.1. The van der Waals surface area contributed by atoms with Crippen molar-refractivity contribution in [3.8, 4) is 11.5 Å². The van der Waals surface area contributed by atoms with Crippen LogP contribution in [0.15, 0.2) is 30.3 Å². The van der Waals surface area contributed by atoms with Gasteiger partial charge in [-0.2, -0.15) is 0 Å². The van der Waals surface area contributed by atoms with Crippen molar-refractivity contribution in [2.45, 2.75) is 45.9 Å². The highest BCUT2D eigenvalue weighted by Gasteiger charge is 2.42. The van der Waals surface area contributed by atoms with Crippen molar-refractivity contribution in [3.63, 3.8) is 0 Å². The van der Waals surface area contributed by atoms with Crippen molar-refractivity contribution in [2.75, 3.05) is 16.0 Å². The number of ether oxygens (including phenoxy) is 2. The Balaban J connectivity index is 1.70. The first-order valence-corrected chi connectivity index (χ1v) is 10.1. The lowest BCUT2D eigenvalue weighted by atomic mass is 9.99. The van der Waals surface area contributed by atoms with Gasteiger partial charge in [0, 0.05) is 5.56 Å². The first-order chi connectivity index (χ1) is 14.7. The average molecular weight is 424 g/mol. The van der Waals surface area contributed by atoms with Crippen molar-refractivity contribution in [3.05, 3.63) is 35.9 Å². The summed E-state index contributed by atoms with van der Waals surface area (Å²) in [6.45, 7) is 7.02. The Kier molecular flexibility index (Phi) is 5.04. The summed E-state index contributed by atoms with van der Waals surface area (Å²) < 4.78 is 11.4. The van der Waals surface area contributed by atoms with E-state index in [0.717, 1.165) is 0 Å². The number of fused-ring (bicyclic) bond motifs is 2. The predicted molar refractivity (Wildman–Crippen MR) is 114 cm³/mol. The topological polar surface area (TPSA) is 124 Å². The van der Waals surface area contributed by atoms with Crippen LogP contribution in [0.4, 0.5) is 17.3 Å². The lowest BCUT2D eigenvalue weighted by Gasteiger charge is -2.37. The second-order valence-electron chi connectivity index (χ2n) is 8.05. The van der Waals surface area contributed by atoms with E-state index >= 15 is 0 Å². The van der Waals surface area contributed by atoms with Crippen LogP contribution in [0.2, 0.25) is 0 Å². The lowest BCUT2D eigenvalue weighted by Crippen LogP contribution is -2.54. The van der Waals surface area contributed by atoms with Crippen LogP contribution in [0.1, 0.15) is 38.1 Å². The number of hydrogen-bond donors (Lipinski definition) is 2. The average Bonchev–Trinajstić information content (AvgIpc) is 2.72. The fraction of sp³-hybridized carbons (Fsp3) is 0.364. The Labute approximate surface area is 179 Å². The summed E-state index contributed by atoms with van der Waals surface area (Å²) in [7, 11) is 0. The number of carbonyl (C=O) groups is 3. The minimum Gasteiger partial charge on any atom is -0.479 e. The number of anilines is 3. The quantitative estimate of drug-likeness (QED) is 0.722. The van der Waals surface area contributed by atoms with Gasteiger partial charge in [-0.05, 0) is 50.1 Å². The number of hydrogen-bond acceptors (Lipinski definition) is 7. The highest BCUT2D eigenvalue weighted by atomic mass is 16.5. The second kappa shape index (κ2) is 7.57. The number of benzene rings is 1. The number of rotatable bonds is 4. The Morgan fingerprint density at radius 3 is 2.55 bits per heavy atom. The zero-order chi connectivity index (χ0) is 22.4. The van der Waals surface area contributed by atoms with Gasteiger partial charge in [0.25, 0.3) is 11.8 Å². The molecule has 0 bridgehead atoms. The van der Waals surface area contributed by atoms with Crippen molar-refractivity contribution in [2.24, 2.45) is 5.92 Å². The summed E-state index contributed by atoms with van der Waals surface area (Å²) in [5.74, 6) is 0.235. The summed E-state index contributed by atoms with van der Waals surface area (Å²) in [6.07, 6.45) is -1.36. The molecule has 2 amide bonds. The van der Waals surface area contributed by atoms with Crippen LogP contribution < -0.4 is 25.4 Å². The van der Waals surface area contributed by atoms with E-state index in [4.69, 9.17) is 15.2 Å². The van der Waals surface area contributed by atoms with E-state index in [1.807, 2.05) is 13.8 Å². The lowest BCUT2D eigenvalue weighted by molar-refractivity contribution is -0.128. The monoisotopic (exact) mass is 424 g/mol. The van der Waals surface area contributed by atoms with Gasteiger partial charge in [-0.25, -0.2) is 4.98 Å². The molecule has 3 unspecified atom stereocenters. The number of nitrogens with two attached hydrogens (primary N) is 1. The standard InChI is InChI=1S/C22H24N4O5/c1-10(2)19-22(29)26(20-16(31-19)7-8-17(23)25-20)11(3)18(27)13-5-6-15-14(9-13)24-21(28)12(4)30-15/h5-12,19H,1-4H3,(H2,23,25)(H,24,28). The van der Waals surface area contributed by atoms with Crippen LogP contribution in [0.3, 0.4) is 0 Å². The van der Waals surface area contributed by atoms with Crippen LogP contribution in [-0.4, -0.2) is 40.8 Å². The molecule has 0 spiro atoms. The van der Waals surface area contributed by atoms with Gasteiger partial charge in [0.2, 0.25) is 0 Å². The molecule has 9 nitrogen and oxygen atoms in total. The number of nitrogen functional groups attached to an aromatic ring is 1. The molecule has 1 aromatic heterocycles. The summed E-state index contributed by atoms with van der Waals surface area (Å²) >= 11 is 0. The van der Waals surface area contributed by atoms with E-state index in [1.165, 1.54) is 4.90 Å². The number of carbonyl (C=O) groups excluding carboxylic acids is 3. The van der Waals surface area contributed by atoms with Gasteiger partial charge in [0.15, 0.2) is 29.6 Å². The van der Waals surface area contributed by atoms with Crippen molar-refractivity contribution >= 4 is 34.9 Å². The van der Waals surface area contributed by atoms with Crippen molar-refractivity contribution in [1.82, 2.24) is 4.98 Å². The molecule has 3 N–H and O–H groups in total. The highest BCUT2D eigenvalue weighted by Crippen LogP contribution is 2.37. The summed E-state index contributed by atoms with van der Waals surface area (Å²) in [4.78, 5) is 44.1. The minimum atomic E-state index is -0.872. The largest absolute Gasteiger partial charge is 0.479 e. The molecule has 0 fully saturated rings. The van der Waals surface area contributed by atoms with Gasteiger partial charge in [-0.1, -0.05) is 13.8 Å². The van der Waals surface area contributed by atoms with Gasteiger partial charge in [-0.15, -0.1) is 0 Å². The maximum atomic E-state index is 13.3. The molecule has 4 rings (SSSR count). The Morgan fingerprint density at radius 1 is 1.13 bits per heavy atom. The van der Waals surface area contributed by atoms with Crippen LogP contribution in [0.5, 0.6) is 11.5 Å². The Hall–Kier alpha value is -3.62. The van der Waals surface area contributed by atoms with Gasteiger partial charge >= 0.3 is 0 Å². The number of pyridine rings is 1. The van der Waals surface area contributed by atoms with E-state index < -0.39 is 18.2 Å². The van der Waals surface area contributed by atoms with Crippen LogP contribution in [0, 0.1) is 5.92 Å². The van der Waals surface area contributed by atoms with Gasteiger partial charge in [-0.3, -0.25) is 19.3 Å². The summed E-state index contributed by atoms with van der Waals surface area (Å²) in [6, 6.07) is 7.16. The first kappa shape index (κ1) is 20.6. The molecular formula is C22H24N4O5. The highest BCUT2D eigenvalue weighted by molar-refractivity contribution is 6.10. The third kappa shape index (κ3) is 3.56. The molecule has 2 aromatic rings. The van der Waals surface area contributed by atoms with E-state index in [2.05, 4.69) is 10.3 Å². The molecule has 1 aromatic carbocycles. The van der Waals surface area contributed by atoms with Crippen molar-refractivity contribution in [1.29, 1.82) is 0 Å². The summed E-state index contributed by atoms with van der Waals surface area (Å²) in [5.41, 5.74) is 6.57. The molecular weight excluding hydrogens is 400 g/mol. The van der Waals surface area contributed by atoms with E-state index in [1.54, 1.807) is 44.2 Å². The second-order valence-corrected chi connectivity index (χ2v) is 8.05. The van der Waals surface area contributed by atoms with E-state index in [9.17, 15) is 14.4 Å². The molecule has 0 saturated heterocycles. The minimum absolute atomic E-state index is 0.110. The molecule has 0 saturated carbocycles. The number of nitrogens with one attached hydrogen (secondary N) is 1. The predicted octanol–water partition coefficient (Wildman–Crippen LogP) is 2.40. The third-order valence-electron chi connectivity index (χ3n) is 5.39. The molecule has 3 atom stereocenters. The summed E-state index contributed by atoms with van der Waals surface area (Å²) in [5, 5.41) is 2.73. The normalized spacial score (nSPS) is 20.9. The SMILES string of the molecule is CC1Oc2ccc(C(=O)C(C)N3C(=O)C(C(C)C)Oc4ccc(N)nc43)cc2NC1=O. The fourth-order valence-electron chi connectivity index (χ4n) is 3.66. The maximum Gasteiger partial charge on any atom is 0.270 e. The zero-order valence-corrected chi connectivity index (χ0v) is 17.7. The molecule has 2 aliphatic rings. The third-order valence-corrected chi connectivity index (χ3v) is 5.39. The smallest absolute Gasteiger partial charge is 0.270 e. The van der Waals surface area contributed by atoms with Crippen LogP contribution >= 0.6 is 0 Å².